The molecular formula is C15H14FN3OS. The molecule has 0 saturated heterocycles. The van der Waals surface area contributed by atoms with Gasteiger partial charge in [0.1, 0.15) is 5.82 Å². The third-order valence-corrected chi connectivity index (χ3v) is 2.94. The highest BCUT2D eigenvalue weighted by Gasteiger charge is 2.05. The summed E-state index contributed by atoms with van der Waals surface area (Å²) >= 11 is 5.05. The molecule has 6 heteroatoms. The van der Waals surface area contributed by atoms with E-state index in [2.05, 4.69) is 16.2 Å². The second kappa shape index (κ2) is 7.35. The molecular weight excluding hydrogens is 289 g/mol. The van der Waals surface area contributed by atoms with Gasteiger partial charge < -0.3 is 5.32 Å². The van der Waals surface area contributed by atoms with Crippen LogP contribution < -0.4 is 16.2 Å². The van der Waals surface area contributed by atoms with E-state index in [9.17, 15) is 9.18 Å². The average Bonchev–Trinajstić information content (AvgIpc) is 2.52. The molecule has 0 aliphatic rings. The number of nitrogens with one attached hydrogen (secondary N) is 3. The zero-order valence-electron chi connectivity index (χ0n) is 11.1. The second-order valence-corrected chi connectivity index (χ2v) is 4.66. The van der Waals surface area contributed by atoms with Gasteiger partial charge in [-0.3, -0.25) is 15.6 Å². The maximum Gasteiger partial charge on any atom is 0.269 e. The number of hydrogen-bond donors (Lipinski definition) is 3. The predicted octanol–water partition coefficient (Wildman–Crippen LogP) is 2.13. The minimum absolute atomic E-state index is 0.300. The fourth-order valence-corrected chi connectivity index (χ4v) is 1.73. The number of hydrazine groups is 1. The highest BCUT2D eigenvalue weighted by molar-refractivity contribution is 7.80. The van der Waals surface area contributed by atoms with Crippen molar-refractivity contribution in [2.45, 2.75) is 6.54 Å². The van der Waals surface area contributed by atoms with Crippen LogP contribution in [0.25, 0.3) is 0 Å². The number of benzene rings is 2. The van der Waals surface area contributed by atoms with Crippen molar-refractivity contribution in [3.8, 4) is 0 Å². The van der Waals surface area contributed by atoms with Crippen LogP contribution in [-0.4, -0.2) is 11.0 Å². The Bertz CT molecular complexity index is 617. The molecule has 0 aliphatic carbocycles. The molecule has 2 aromatic carbocycles. The molecule has 3 N–H and O–H groups in total. The number of carbonyl (C=O) groups excluding carboxylic acids is 1. The molecule has 0 radical (unpaired) electrons. The van der Waals surface area contributed by atoms with Gasteiger partial charge in [-0.2, -0.15) is 0 Å². The third-order valence-electron chi connectivity index (χ3n) is 2.69. The van der Waals surface area contributed by atoms with Gasteiger partial charge in [-0.15, -0.1) is 0 Å². The first-order valence-corrected chi connectivity index (χ1v) is 6.69. The Balaban J connectivity index is 1.76. The van der Waals surface area contributed by atoms with E-state index in [1.807, 2.05) is 30.3 Å². The normalized spacial score (nSPS) is 9.76. The van der Waals surface area contributed by atoms with E-state index in [0.717, 1.165) is 5.56 Å². The molecule has 2 rings (SSSR count). The number of amides is 1. The Hall–Kier alpha value is -2.47. The molecule has 0 unspecified atom stereocenters. The lowest BCUT2D eigenvalue weighted by molar-refractivity contribution is 0.0943. The summed E-state index contributed by atoms with van der Waals surface area (Å²) in [5, 5.41) is 3.26. The molecule has 0 aliphatic heterocycles. The first-order valence-electron chi connectivity index (χ1n) is 6.29. The van der Waals surface area contributed by atoms with E-state index in [0.29, 0.717) is 17.2 Å². The first-order chi connectivity index (χ1) is 10.1. The van der Waals surface area contributed by atoms with Crippen LogP contribution in [0.2, 0.25) is 0 Å². The maximum atomic E-state index is 12.7. The molecule has 0 bridgehead atoms. The van der Waals surface area contributed by atoms with Gasteiger partial charge in [-0.1, -0.05) is 30.3 Å². The summed E-state index contributed by atoms with van der Waals surface area (Å²) in [7, 11) is 0. The van der Waals surface area contributed by atoms with Crippen LogP contribution in [-0.2, 0) is 6.54 Å². The molecule has 1 amide bonds. The third kappa shape index (κ3) is 4.85. The maximum absolute atomic E-state index is 12.7. The summed E-state index contributed by atoms with van der Waals surface area (Å²) < 4.78 is 12.7. The average molecular weight is 303 g/mol. The smallest absolute Gasteiger partial charge is 0.269 e. The number of hydrogen-bond acceptors (Lipinski definition) is 2. The van der Waals surface area contributed by atoms with Crippen LogP contribution in [0.3, 0.4) is 0 Å². The second-order valence-electron chi connectivity index (χ2n) is 4.25. The van der Waals surface area contributed by atoms with Gasteiger partial charge in [0, 0.05) is 12.1 Å². The Labute approximate surface area is 127 Å². The van der Waals surface area contributed by atoms with Gasteiger partial charge in [-0.05, 0) is 42.0 Å². The largest absolute Gasteiger partial charge is 0.357 e. The van der Waals surface area contributed by atoms with Crippen LogP contribution in [0.1, 0.15) is 15.9 Å². The number of carbonyl (C=O) groups is 1. The highest BCUT2D eigenvalue weighted by atomic mass is 32.1. The van der Waals surface area contributed by atoms with E-state index >= 15 is 0 Å². The molecule has 0 heterocycles. The number of rotatable bonds is 3. The highest BCUT2D eigenvalue weighted by Crippen LogP contribution is 2.01. The van der Waals surface area contributed by atoms with Crippen molar-refractivity contribution < 1.29 is 9.18 Å². The zero-order valence-corrected chi connectivity index (χ0v) is 11.9. The molecule has 0 spiro atoms. The van der Waals surface area contributed by atoms with Crippen molar-refractivity contribution in [2.75, 3.05) is 0 Å². The quantitative estimate of drug-likeness (QED) is 0.601. The lowest BCUT2D eigenvalue weighted by Gasteiger charge is -2.11. The van der Waals surface area contributed by atoms with Gasteiger partial charge in [0.15, 0.2) is 5.11 Å². The van der Waals surface area contributed by atoms with Crippen molar-refractivity contribution in [3.05, 3.63) is 71.5 Å². The van der Waals surface area contributed by atoms with E-state index in [1.165, 1.54) is 24.3 Å². The molecule has 2 aromatic rings. The van der Waals surface area contributed by atoms with Crippen LogP contribution in [0.4, 0.5) is 4.39 Å². The monoisotopic (exact) mass is 303 g/mol. The summed E-state index contributed by atoms with van der Waals surface area (Å²) in [5.74, 6) is -0.779. The van der Waals surface area contributed by atoms with Crippen LogP contribution in [0.5, 0.6) is 0 Å². The van der Waals surface area contributed by atoms with Gasteiger partial charge in [0.25, 0.3) is 5.91 Å². The summed E-state index contributed by atoms with van der Waals surface area (Å²) in [6.45, 7) is 0.555. The van der Waals surface area contributed by atoms with Gasteiger partial charge in [0.05, 0.1) is 0 Å². The molecule has 4 nitrogen and oxygen atoms in total. The first kappa shape index (κ1) is 14.9. The molecule has 0 atom stereocenters. The Kier molecular flexibility index (Phi) is 5.22. The van der Waals surface area contributed by atoms with Crippen molar-refractivity contribution in [3.63, 3.8) is 0 Å². The Morgan fingerprint density at radius 1 is 1.00 bits per heavy atom. The van der Waals surface area contributed by atoms with Crippen LogP contribution in [0.15, 0.2) is 54.6 Å². The fourth-order valence-electron chi connectivity index (χ4n) is 1.61. The summed E-state index contributed by atoms with van der Waals surface area (Å²) in [6.07, 6.45) is 0. The van der Waals surface area contributed by atoms with Crippen molar-refractivity contribution in [1.82, 2.24) is 16.2 Å². The lowest BCUT2D eigenvalue weighted by atomic mass is 10.2. The molecule has 21 heavy (non-hydrogen) atoms. The van der Waals surface area contributed by atoms with Crippen molar-refractivity contribution in [1.29, 1.82) is 0 Å². The van der Waals surface area contributed by atoms with Gasteiger partial charge in [-0.25, -0.2) is 4.39 Å². The van der Waals surface area contributed by atoms with Gasteiger partial charge >= 0.3 is 0 Å². The van der Waals surface area contributed by atoms with E-state index in [-0.39, 0.29) is 11.7 Å². The minimum atomic E-state index is -0.390. The summed E-state index contributed by atoms with van der Waals surface area (Å²) in [5.41, 5.74) is 6.45. The van der Waals surface area contributed by atoms with Crippen LogP contribution in [0, 0.1) is 5.82 Å². The summed E-state index contributed by atoms with van der Waals surface area (Å²) in [4.78, 5) is 11.8. The fraction of sp³-hybridized carbons (Fsp3) is 0.0667. The molecule has 0 saturated carbocycles. The predicted molar refractivity (Wildman–Crippen MR) is 82.9 cm³/mol. The van der Waals surface area contributed by atoms with E-state index in [4.69, 9.17) is 12.2 Å². The minimum Gasteiger partial charge on any atom is -0.357 e. The van der Waals surface area contributed by atoms with E-state index in [1.54, 1.807) is 0 Å². The Morgan fingerprint density at radius 2 is 1.67 bits per heavy atom. The standard InChI is InChI=1S/C15H14FN3OS/c16-13-8-6-12(7-9-13)14(20)18-19-15(21)17-10-11-4-2-1-3-5-11/h1-9H,10H2,(H,18,20)(H2,17,19,21). The summed E-state index contributed by atoms with van der Waals surface area (Å²) in [6, 6.07) is 15.0. The Morgan fingerprint density at radius 3 is 2.33 bits per heavy atom. The van der Waals surface area contributed by atoms with Crippen molar-refractivity contribution >= 4 is 23.2 Å². The SMILES string of the molecule is O=C(NNC(=S)NCc1ccccc1)c1ccc(F)cc1. The van der Waals surface area contributed by atoms with Crippen LogP contribution >= 0.6 is 12.2 Å². The molecule has 108 valence electrons. The molecule has 0 fully saturated rings. The van der Waals surface area contributed by atoms with Crippen molar-refractivity contribution in [2.24, 2.45) is 0 Å². The topological polar surface area (TPSA) is 53.2 Å². The lowest BCUT2D eigenvalue weighted by Crippen LogP contribution is -2.46. The van der Waals surface area contributed by atoms with E-state index < -0.39 is 0 Å². The number of thiocarbonyl (C=S) groups is 1. The number of halogens is 1. The zero-order chi connectivity index (χ0) is 15.1. The van der Waals surface area contributed by atoms with Gasteiger partial charge in [0.2, 0.25) is 0 Å². The molecule has 0 aromatic heterocycles.